The quantitative estimate of drug-likeness (QED) is 0.739. The topological polar surface area (TPSA) is 55.1 Å². The fraction of sp³-hybridized carbons (Fsp3) is 0.118. The largest absolute Gasteiger partial charge is 0.494 e. The van der Waals surface area contributed by atoms with Crippen molar-refractivity contribution in [2.75, 3.05) is 12.4 Å². The molecule has 1 aliphatic heterocycles. The molecular formula is C17H13FN3O2+. The first-order valence-corrected chi connectivity index (χ1v) is 7.13. The first-order chi connectivity index (χ1) is 11.2. The maximum absolute atomic E-state index is 14.5. The molecule has 0 bridgehead atoms. The molecule has 1 aromatic heterocycles. The van der Waals surface area contributed by atoms with Gasteiger partial charge in [-0.2, -0.15) is 4.57 Å². The highest BCUT2D eigenvalue weighted by atomic mass is 19.1. The Kier molecular flexibility index (Phi) is 2.97. The van der Waals surface area contributed by atoms with Crippen molar-refractivity contribution in [3.05, 3.63) is 60.0 Å². The number of anilines is 1. The van der Waals surface area contributed by atoms with Gasteiger partial charge in [0.05, 0.1) is 7.11 Å². The highest BCUT2D eigenvalue weighted by Gasteiger charge is 2.42. The Morgan fingerprint density at radius 2 is 2.04 bits per heavy atom. The minimum atomic E-state index is -0.808. The molecule has 23 heavy (non-hydrogen) atoms. The highest BCUT2D eigenvalue weighted by Crippen LogP contribution is 2.30. The summed E-state index contributed by atoms with van der Waals surface area (Å²) in [7, 11) is 1.40. The molecule has 0 fully saturated rings. The van der Waals surface area contributed by atoms with E-state index in [1.165, 1.54) is 17.7 Å². The van der Waals surface area contributed by atoms with Gasteiger partial charge in [0, 0.05) is 5.56 Å². The smallest absolute Gasteiger partial charge is 0.364 e. The molecule has 5 nitrogen and oxygen atoms in total. The number of halogens is 1. The maximum Gasteiger partial charge on any atom is 0.364 e. The van der Waals surface area contributed by atoms with Gasteiger partial charge in [0.1, 0.15) is 11.7 Å². The van der Waals surface area contributed by atoms with E-state index in [1.807, 2.05) is 24.3 Å². The molecule has 1 aliphatic rings. The first-order valence-electron chi connectivity index (χ1n) is 7.13. The lowest BCUT2D eigenvalue weighted by atomic mass is 10.1. The molecule has 6 heteroatoms. The van der Waals surface area contributed by atoms with Crippen molar-refractivity contribution in [1.82, 2.24) is 4.98 Å². The van der Waals surface area contributed by atoms with Gasteiger partial charge in [0.2, 0.25) is 6.04 Å². The molecule has 0 saturated carbocycles. The normalized spacial score (nSPS) is 16.3. The first kappa shape index (κ1) is 13.6. The van der Waals surface area contributed by atoms with Gasteiger partial charge in [-0.25, -0.2) is 14.2 Å². The van der Waals surface area contributed by atoms with E-state index in [4.69, 9.17) is 4.74 Å². The standard InChI is InChI=1S/C17H12FN3O2/c1-23-13-8-4-5-10(15(13)18)16-17(22)21-12-7-3-2-6-11(12)19-9-14(21)20-16/h2-9,16H,1H3/p+1. The summed E-state index contributed by atoms with van der Waals surface area (Å²) >= 11 is 0. The monoisotopic (exact) mass is 310 g/mol. The number of para-hydroxylation sites is 2. The predicted octanol–water partition coefficient (Wildman–Crippen LogP) is 2.48. The van der Waals surface area contributed by atoms with E-state index in [9.17, 15) is 9.18 Å². The molecule has 0 aliphatic carbocycles. The number of carbonyl (C=O) groups excluding carboxylic acids is 1. The molecule has 0 amide bonds. The lowest BCUT2D eigenvalue weighted by Gasteiger charge is -2.08. The Labute approximate surface area is 131 Å². The number of benzene rings is 2. The van der Waals surface area contributed by atoms with Gasteiger partial charge in [0.15, 0.2) is 17.1 Å². The lowest BCUT2D eigenvalue weighted by Crippen LogP contribution is -2.41. The number of hydrogen-bond donors (Lipinski definition) is 1. The number of ether oxygens (including phenoxy) is 1. The summed E-state index contributed by atoms with van der Waals surface area (Å²) in [6.07, 6.45) is 1.58. The summed E-state index contributed by atoms with van der Waals surface area (Å²) in [5, 5.41) is 3.04. The van der Waals surface area contributed by atoms with Crippen LogP contribution in [0.25, 0.3) is 11.0 Å². The van der Waals surface area contributed by atoms with Crippen LogP contribution in [0.3, 0.4) is 0 Å². The fourth-order valence-corrected chi connectivity index (χ4v) is 2.88. The molecule has 1 N–H and O–H groups in total. The molecule has 1 atom stereocenters. The number of nitrogens with zero attached hydrogens (tertiary/aromatic N) is 2. The number of nitrogens with one attached hydrogen (secondary N) is 1. The van der Waals surface area contributed by atoms with Crippen LogP contribution in [-0.4, -0.2) is 18.0 Å². The zero-order chi connectivity index (χ0) is 16.0. The number of fused-ring (bicyclic) bond motifs is 3. The third-order valence-electron chi connectivity index (χ3n) is 3.97. The van der Waals surface area contributed by atoms with E-state index in [2.05, 4.69) is 10.3 Å². The van der Waals surface area contributed by atoms with E-state index in [1.54, 1.807) is 18.3 Å². The van der Waals surface area contributed by atoms with Gasteiger partial charge in [-0.3, -0.25) is 5.32 Å². The van der Waals surface area contributed by atoms with E-state index in [0.29, 0.717) is 16.9 Å². The molecule has 0 saturated heterocycles. The van der Waals surface area contributed by atoms with Gasteiger partial charge < -0.3 is 4.74 Å². The summed E-state index contributed by atoms with van der Waals surface area (Å²) in [6.45, 7) is 0. The number of aromatic nitrogens is 2. The van der Waals surface area contributed by atoms with E-state index >= 15 is 0 Å². The Morgan fingerprint density at radius 1 is 1.22 bits per heavy atom. The second kappa shape index (κ2) is 5.01. The van der Waals surface area contributed by atoms with Crippen LogP contribution in [0.15, 0.2) is 48.7 Å². The van der Waals surface area contributed by atoms with Crippen molar-refractivity contribution in [2.24, 2.45) is 0 Å². The zero-order valence-electron chi connectivity index (χ0n) is 12.3. The average Bonchev–Trinajstić information content (AvgIpc) is 2.92. The molecule has 2 heterocycles. The zero-order valence-corrected chi connectivity index (χ0v) is 12.3. The molecule has 1 unspecified atom stereocenters. The summed E-state index contributed by atoms with van der Waals surface area (Å²) in [4.78, 5) is 17.1. The minimum absolute atomic E-state index is 0.112. The average molecular weight is 310 g/mol. The van der Waals surface area contributed by atoms with Gasteiger partial charge in [-0.1, -0.05) is 24.3 Å². The van der Waals surface area contributed by atoms with Gasteiger partial charge in [-0.15, -0.1) is 0 Å². The van der Waals surface area contributed by atoms with Crippen molar-refractivity contribution >= 4 is 22.8 Å². The molecule has 4 rings (SSSR count). The van der Waals surface area contributed by atoms with Crippen LogP contribution < -0.4 is 14.6 Å². The van der Waals surface area contributed by atoms with Gasteiger partial charge in [0.25, 0.3) is 0 Å². The SMILES string of the molecule is COc1cccc(C2Nc3cnc4ccccc4[n+]3C2=O)c1F. The molecule has 0 radical (unpaired) electrons. The van der Waals surface area contributed by atoms with Crippen molar-refractivity contribution in [2.45, 2.75) is 6.04 Å². The third kappa shape index (κ3) is 1.95. The van der Waals surface area contributed by atoms with E-state index in [0.717, 1.165) is 0 Å². The Morgan fingerprint density at radius 3 is 2.87 bits per heavy atom. The summed E-state index contributed by atoms with van der Waals surface area (Å²) in [5.74, 6) is -0.126. The third-order valence-corrected chi connectivity index (χ3v) is 3.97. The summed E-state index contributed by atoms with van der Waals surface area (Å²) in [5.41, 5.74) is 1.65. The molecule has 114 valence electrons. The van der Waals surface area contributed by atoms with Crippen molar-refractivity contribution in [1.29, 1.82) is 0 Å². The number of hydrogen-bond acceptors (Lipinski definition) is 4. The van der Waals surface area contributed by atoms with Crippen LogP contribution in [-0.2, 0) is 0 Å². The second-order valence-electron chi connectivity index (χ2n) is 5.25. The van der Waals surface area contributed by atoms with Crippen molar-refractivity contribution in [3.8, 4) is 5.75 Å². The van der Waals surface area contributed by atoms with Crippen molar-refractivity contribution in [3.63, 3.8) is 0 Å². The summed E-state index contributed by atoms with van der Waals surface area (Å²) in [6, 6.07) is 11.3. The molecule has 3 aromatic rings. The van der Waals surface area contributed by atoms with Crippen LogP contribution >= 0.6 is 0 Å². The highest BCUT2D eigenvalue weighted by molar-refractivity contribution is 5.87. The van der Waals surface area contributed by atoms with E-state index in [-0.39, 0.29) is 17.2 Å². The minimum Gasteiger partial charge on any atom is -0.494 e. The Balaban J connectivity index is 1.86. The second-order valence-corrected chi connectivity index (χ2v) is 5.25. The van der Waals surface area contributed by atoms with Crippen LogP contribution in [0.4, 0.5) is 10.2 Å². The number of rotatable bonds is 2. The van der Waals surface area contributed by atoms with Gasteiger partial charge >= 0.3 is 11.7 Å². The maximum atomic E-state index is 14.5. The fourth-order valence-electron chi connectivity index (χ4n) is 2.88. The predicted molar refractivity (Wildman–Crippen MR) is 81.9 cm³/mol. The molecule has 0 spiro atoms. The summed E-state index contributed by atoms with van der Waals surface area (Å²) < 4.78 is 21.0. The van der Waals surface area contributed by atoms with Gasteiger partial charge in [-0.05, 0) is 18.2 Å². The van der Waals surface area contributed by atoms with Crippen LogP contribution in [0.1, 0.15) is 16.4 Å². The Hall–Kier alpha value is -3.02. The Bertz CT molecular complexity index is 942. The molecular weight excluding hydrogens is 297 g/mol. The number of methoxy groups -OCH3 is 1. The number of carbonyl (C=O) groups is 1. The van der Waals surface area contributed by atoms with Crippen LogP contribution in [0.2, 0.25) is 0 Å². The van der Waals surface area contributed by atoms with E-state index < -0.39 is 11.9 Å². The van der Waals surface area contributed by atoms with Crippen LogP contribution in [0.5, 0.6) is 5.75 Å². The molecule has 2 aromatic carbocycles. The van der Waals surface area contributed by atoms with Crippen molar-refractivity contribution < 1.29 is 18.5 Å². The lowest BCUT2D eigenvalue weighted by molar-refractivity contribution is -0.524. The van der Waals surface area contributed by atoms with Crippen LogP contribution in [0, 0.1) is 5.82 Å².